The van der Waals surface area contributed by atoms with Crippen molar-refractivity contribution < 1.29 is 23.7 Å². The molecule has 0 radical (unpaired) electrons. The van der Waals surface area contributed by atoms with Crippen molar-refractivity contribution >= 4 is 17.6 Å². The van der Waals surface area contributed by atoms with Crippen molar-refractivity contribution in [1.82, 2.24) is 10.3 Å². The largest absolute Gasteiger partial charge is 0.493 e. The van der Waals surface area contributed by atoms with E-state index in [1.54, 1.807) is 20.3 Å². The maximum atomic E-state index is 11.9. The van der Waals surface area contributed by atoms with Crippen LogP contribution in [0.4, 0.5) is 0 Å². The zero-order chi connectivity index (χ0) is 20.0. The van der Waals surface area contributed by atoms with Crippen molar-refractivity contribution in [1.29, 1.82) is 0 Å². The van der Waals surface area contributed by atoms with Gasteiger partial charge in [-0.3, -0.25) is 4.79 Å². The summed E-state index contributed by atoms with van der Waals surface area (Å²) in [6.45, 7) is 2.39. The number of ether oxygens (including phenoxy) is 4. The van der Waals surface area contributed by atoms with Crippen molar-refractivity contribution in [3.63, 3.8) is 0 Å². The predicted octanol–water partition coefficient (Wildman–Crippen LogP) is 3.79. The first-order valence-corrected chi connectivity index (χ1v) is 8.94. The second kappa shape index (κ2) is 9.53. The summed E-state index contributed by atoms with van der Waals surface area (Å²) >= 11 is 6.58. The highest BCUT2D eigenvalue weighted by Gasteiger charge is 2.25. The molecule has 0 aliphatic carbocycles. The monoisotopic (exact) mass is 396 g/mol. The lowest BCUT2D eigenvalue weighted by atomic mass is 10.0. The van der Waals surface area contributed by atoms with Gasteiger partial charge in [0.05, 0.1) is 21.3 Å². The van der Waals surface area contributed by atoms with Gasteiger partial charge in [0.25, 0.3) is 0 Å². The van der Waals surface area contributed by atoms with E-state index in [0.29, 0.717) is 52.8 Å². The highest BCUT2D eigenvalue weighted by molar-refractivity contribution is 6.35. The van der Waals surface area contributed by atoms with Gasteiger partial charge in [-0.25, -0.2) is 0 Å². The minimum atomic E-state index is -0.345. The molecule has 7 nitrogen and oxygen atoms in total. The smallest absolute Gasteiger partial charge is 0.312 e. The van der Waals surface area contributed by atoms with E-state index in [4.69, 9.17) is 30.5 Å². The van der Waals surface area contributed by atoms with Gasteiger partial charge in [0.15, 0.2) is 11.5 Å². The number of carbonyl (C=O) groups excluding carboxylic acids is 1. The Morgan fingerprint density at radius 2 is 1.85 bits per heavy atom. The van der Waals surface area contributed by atoms with Gasteiger partial charge in [0.1, 0.15) is 5.02 Å². The van der Waals surface area contributed by atoms with E-state index >= 15 is 0 Å². The summed E-state index contributed by atoms with van der Waals surface area (Å²) in [5.74, 6) is 1.33. The molecule has 2 N–H and O–H groups in total. The van der Waals surface area contributed by atoms with E-state index in [1.807, 2.05) is 20.0 Å². The lowest BCUT2D eigenvalue weighted by molar-refractivity contribution is -0.134. The molecule has 2 rings (SSSR count). The standard InChI is InChI=1S/C19H25ClN2O5/c1-6-7-14(23)27-19-16(20)15(12(22-19)10-21-2)11-8-9-13(24-3)18(26-5)17(11)25-4/h8-9,21-22H,6-7,10H2,1-5H3. The molecule has 1 heterocycles. The molecule has 0 saturated heterocycles. The lowest BCUT2D eigenvalue weighted by Crippen LogP contribution is -2.08. The van der Waals surface area contributed by atoms with Crippen molar-refractivity contribution in [3.8, 4) is 34.3 Å². The van der Waals surface area contributed by atoms with Crippen LogP contribution in [0.3, 0.4) is 0 Å². The van der Waals surface area contributed by atoms with E-state index < -0.39 is 0 Å². The van der Waals surface area contributed by atoms with Gasteiger partial charge >= 0.3 is 5.97 Å². The third kappa shape index (κ3) is 4.31. The molecular formula is C19H25ClN2O5. The van der Waals surface area contributed by atoms with E-state index in [0.717, 1.165) is 5.69 Å². The molecule has 0 spiro atoms. The third-order valence-electron chi connectivity index (χ3n) is 3.98. The Hall–Kier alpha value is -2.38. The molecule has 1 aromatic carbocycles. The van der Waals surface area contributed by atoms with Gasteiger partial charge in [-0.05, 0) is 25.6 Å². The highest BCUT2D eigenvalue weighted by atomic mass is 35.5. The van der Waals surface area contributed by atoms with Gasteiger partial charge in [-0.15, -0.1) is 0 Å². The molecule has 8 heteroatoms. The first-order valence-electron chi connectivity index (χ1n) is 8.57. The molecule has 0 atom stereocenters. The summed E-state index contributed by atoms with van der Waals surface area (Å²) in [7, 11) is 6.45. The van der Waals surface area contributed by atoms with Crippen molar-refractivity contribution in [3.05, 3.63) is 22.8 Å². The number of hydrogen-bond donors (Lipinski definition) is 2. The Bertz CT molecular complexity index is 804. The molecule has 0 aliphatic heterocycles. The molecule has 1 aromatic heterocycles. The number of carbonyl (C=O) groups is 1. The zero-order valence-corrected chi connectivity index (χ0v) is 17.0. The average Bonchev–Trinajstić information content (AvgIpc) is 2.95. The van der Waals surface area contributed by atoms with Crippen LogP contribution >= 0.6 is 11.6 Å². The van der Waals surface area contributed by atoms with E-state index in [1.165, 1.54) is 7.11 Å². The fraction of sp³-hybridized carbons (Fsp3) is 0.421. The van der Waals surface area contributed by atoms with Crippen molar-refractivity contribution in [2.45, 2.75) is 26.3 Å². The maximum Gasteiger partial charge on any atom is 0.312 e. The SMILES string of the molecule is CCCC(=O)Oc1[nH]c(CNC)c(-c2ccc(OC)c(OC)c2OC)c1Cl. The number of methoxy groups -OCH3 is 3. The number of halogens is 1. The third-order valence-corrected chi connectivity index (χ3v) is 4.34. The second-order valence-corrected chi connectivity index (χ2v) is 6.14. The van der Waals surface area contributed by atoms with Gasteiger partial charge < -0.3 is 29.2 Å². The van der Waals surface area contributed by atoms with Crippen LogP contribution in [-0.4, -0.2) is 39.3 Å². The fourth-order valence-corrected chi connectivity index (χ4v) is 3.13. The topological polar surface area (TPSA) is 81.8 Å². The summed E-state index contributed by atoms with van der Waals surface area (Å²) in [4.78, 5) is 15.0. The number of hydrogen-bond acceptors (Lipinski definition) is 6. The average molecular weight is 397 g/mol. The van der Waals surface area contributed by atoms with Crippen LogP contribution in [0.1, 0.15) is 25.5 Å². The Labute approximate surface area is 163 Å². The number of benzene rings is 1. The summed E-state index contributed by atoms with van der Waals surface area (Å²) in [6, 6.07) is 3.60. The highest BCUT2D eigenvalue weighted by Crippen LogP contribution is 2.48. The Morgan fingerprint density at radius 1 is 1.15 bits per heavy atom. The van der Waals surface area contributed by atoms with Crippen LogP contribution in [0.25, 0.3) is 11.1 Å². The summed E-state index contributed by atoms with van der Waals surface area (Å²) in [5.41, 5.74) is 2.12. The summed E-state index contributed by atoms with van der Waals surface area (Å²) < 4.78 is 21.8. The zero-order valence-electron chi connectivity index (χ0n) is 16.2. The van der Waals surface area contributed by atoms with Gasteiger partial charge in [0, 0.05) is 29.8 Å². The number of esters is 1. The molecular weight excluding hydrogens is 372 g/mol. The van der Waals surface area contributed by atoms with Crippen molar-refractivity contribution in [2.75, 3.05) is 28.4 Å². The molecule has 0 fully saturated rings. The van der Waals surface area contributed by atoms with E-state index in [2.05, 4.69) is 10.3 Å². The molecule has 2 aromatic rings. The number of rotatable bonds is 9. The Morgan fingerprint density at radius 3 is 2.41 bits per heavy atom. The van der Waals surface area contributed by atoms with Crippen LogP contribution in [0.5, 0.6) is 23.1 Å². The fourth-order valence-electron chi connectivity index (χ4n) is 2.83. The van der Waals surface area contributed by atoms with Crippen LogP contribution in [0, 0.1) is 0 Å². The van der Waals surface area contributed by atoms with Gasteiger partial charge in [-0.2, -0.15) is 0 Å². The Kier molecular flexibility index (Phi) is 7.38. The normalized spacial score (nSPS) is 10.6. The summed E-state index contributed by atoms with van der Waals surface area (Å²) in [5, 5.41) is 3.38. The van der Waals surface area contributed by atoms with E-state index in [-0.39, 0.29) is 11.8 Å². The molecule has 148 valence electrons. The number of nitrogens with one attached hydrogen (secondary N) is 2. The Balaban J connectivity index is 2.63. The van der Waals surface area contributed by atoms with Crippen molar-refractivity contribution in [2.24, 2.45) is 0 Å². The summed E-state index contributed by atoms with van der Waals surface area (Å²) in [6.07, 6.45) is 1.00. The molecule has 0 aliphatic rings. The maximum absolute atomic E-state index is 11.9. The molecule has 27 heavy (non-hydrogen) atoms. The number of H-pyrrole nitrogens is 1. The minimum Gasteiger partial charge on any atom is -0.493 e. The molecule has 0 bridgehead atoms. The predicted molar refractivity (Wildman–Crippen MR) is 104 cm³/mol. The second-order valence-electron chi connectivity index (χ2n) is 5.76. The molecule has 0 amide bonds. The van der Waals surface area contributed by atoms with Gasteiger partial charge in [-0.1, -0.05) is 18.5 Å². The first-order chi connectivity index (χ1) is 13.0. The number of aromatic nitrogens is 1. The van der Waals surface area contributed by atoms with E-state index in [9.17, 15) is 4.79 Å². The molecule has 0 saturated carbocycles. The van der Waals surface area contributed by atoms with Crippen LogP contribution < -0.4 is 24.3 Å². The quantitative estimate of drug-likeness (QED) is 0.627. The molecule has 0 unspecified atom stereocenters. The first kappa shape index (κ1) is 20.9. The lowest BCUT2D eigenvalue weighted by Gasteiger charge is -2.16. The van der Waals surface area contributed by atoms with Crippen LogP contribution in [0.2, 0.25) is 5.02 Å². The number of aromatic amines is 1. The minimum absolute atomic E-state index is 0.215. The van der Waals surface area contributed by atoms with Crippen LogP contribution in [0.15, 0.2) is 12.1 Å². The van der Waals surface area contributed by atoms with Crippen LogP contribution in [-0.2, 0) is 11.3 Å². The van der Waals surface area contributed by atoms with Gasteiger partial charge in [0.2, 0.25) is 11.6 Å².